The predicted molar refractivity (Wildman–Crippen MR) is 83.6 cm³/mol. The number of imidazole rings is 1. The topological polar surface area (TPSA) is 47.1 Å². The van der Waals surface area contributed by atoms with Crippen molar-refractivity contribution < 1.29 is 0 Å². The van der Waals surface area contributed by atoms with Gasteiger partial charge in [0.2, 0.25) is 0 Å². The molecule has 20 heavy (non-hydrogen) atoms. The van der Waals surface area contributed by atoms with Crippen molar-refractivity contribution in [2.45, 2.75) is 58.5 Å². The van der Waals surface area contributed by atoms with Crippen LogP contribution in [-0.2, 0) is 6.54 Å². The van der Waals surface area contributed by atoms with Crippen LogP contribution in [0.5, 0.6) is 0 Å². The van der Waals surface area contributed by atoms with Crippen molar-refractivity contribution >= 4 is 0 Å². The third kappa shape index (κ3) is 3.23. The standard InChI is InChI=1S/C16H30N4/c1-4-20(11-10-19-9-8-18-15(19)3)16(13-17)7-5-6-14(2)12-16/h8-9,14H,4-7,10-13,17H2,1-3H3. The van der Waals surface area contributed by atoms with Crippen molar-refractivity contribution in [3.05, 3.63) is 18.2 Å². The number of likely N-dealkylation sites (N-methyl/N-ethyl adjacent to an activating group) is 1. The average Bonchev–Trinajstić information content (AvgIpc) is 2.85. The highest BCUT2D eigenvalue weighted by Gasteiger charge is 2.38. The molecule has 0 spiro atoms. The molecule has 0 aliphatic heterocycles. The van der Waals surface area contributed by atoms with E-state index >= 15 is 0 Å². The van der Waals surface area contributed by atoms with Gasteiger partial charge in [0.1, 0.15) is 5.82 Å². The number of rotatable bonds is 6. The van der Waals surface area contributed by atoms with Crippen molar-refractivity contribution in [1.29, 1.82) is 0 Å². The minimum Gasteiger partial charge on any atom is -0.334 e. The monoisotopic (exact) mass is 278 g/mol. The Balaban J connectivity index is 2.03. The fourth-order valence-corrected chi connectivity index (χ4v) is 3.83. The van der Waals surface area contributed by atoms with Crippen LogP contribution in [0.2, 0.25) is 0 Å². The maximum atomic E-state index is 6.19. The van der Waals surface area contributed by atoms with Crippen LogP contribution in [0.4, 0.5) is 0 Å². The summed E-state index contributed by atoms with van der Waals surface area (Å²) in [5.74, 6) is 1.90. The third-order valence-corrected chi connectivity index (χ3v) is 5.03. The Morgan fingerprint density at radius 1 is 1.55 bits per heavy atom. The van der Waals surface area contributed by atoms with Gasteiger partial charge in [0.05, 0.1) is 0 Å². The van der Waals surface area contributed by atoms with Crippen LogP contribution in [0.25, 0.3) is 0 Å². The lowest BCUT2D eigenvalue weighted by Crippen LogP contribution is -2.56. The zero-order chi connectivity index (χ0) is 14.6. The molecule has 1 aromatic heterocycles. The predicted octanol–water partition coefficient (Wildman–Crippen LogP) is 2.42. The van der Waals surface area contributed by atoms with Crippen molar-refractivity contribution in [3.8, 4) is 0 Å². The van der Waals surface area contributed by atoms with E-state index in [1.165, 1.54) is 25.7 Å². The molecule has 0 saturated heterocycles. The molecule has 4 heteroatoms. The lowest BCUT2D eigenvalue weighted by Gasteiger charge is -2.47. The van der Waals surface area contributed by atoms with Gasteiger partial charge in [0.25, 0.3) is 0 Å². The van der Waals surface area contributed by atoms with Gasteiger partial charge in [0, 0.05) is 37.6 Å². The normalized spacial score (nSPS) is 27.1. The van der Waals surface area contributed by atoms with Crippen molar-refractivity contribution in [1.82, 2.24) is 14.5 Å². The summed E-state index contributed by atoms with van der Waals surface area (Å²) in [6.07, 6.45) is 9.14. The first kappa shape index (κ1) is 15.5. The summed E-state index contributed by atoms with van der Waals surface area (Å²) in [4.78, 5) is 6.92. The van der Waals surface area contributed by atoms with Crippen LogP contribution in [0, 0.1) is 12.8 Å². The van der Waals surface area contributed by atoms with E-state index in [0.717, 1.165) is 37.9 Å². The molecule has 0 bridgehead atoms. The number of nitrogens with zero attached hydrogens (tertiary/aromatic N) is 3. The van der Waals surface area contributed by atoms with Gasteiger partial charge in [-0.25, -0.2) is 4.98 Å². The van der Waals surface area contributed by atoms with Gasteiger partial charge in [-0.15, -0.1) is 0 Å². The Morgan fingerprint density at radius 3 is 2.90 bits per heavy atom. The Kier molecular flexibility index (Phi) is 5.22. The summed E-state index contributed by atoms with van der Waals surface area (Å²) >= 11 is 0. The van der Waals surface area contributed by atoms with E-state index in [1.807, 2.05) is 6.20 Å². The Hall–Kier alpha value is -0.870. The molecule has 2 atom stereocenters. The SMILES string of the molecule is CCN(CCn1ccnc1C)C1(CN)CCCC(C)C1. The summed E-state index contributed by atoms with van der Waals surface area (Å²) < 4.78 is 2.24. The Morgan fingerprint density at radius 2 is 2.35 bits per heavy atom. The zero-order valence-electron chi connectivity index (χ0n) is 13.3. The number of hydrogen-bond donors (Lipinski definition) is 1. The highest BCUT2D eigenvalue weighted by Crippen LogP contribution is 2.36. The van der Waals surface area contributed by atoms with Crippen LogP contribution in [0.15, 0.2) is 12.4 Å². The average molecular weight is 278 g/mol. The van der Waals surface area contributed by atoms with Gasteiger partial charge in [-0.1, -0.05) is 26.7 Å². The van der Waals surface area contributed by atoms with Crippen molar-refractivity contribution in [3.63, 3.8) is 0 Å². The van der Waals surface area contributed by atoms with Gasteiger partial charge in [-0.05, 0) is 32.2 Å². The van der Waals surface area contributed by atoms with E-state index in [4.69, 9.17) is 5.73 Å². The van der Waals surface area contributed by atoms with Crippen molar-refractivity contribution in [2.75, 3.05) is 19.6 Å². The molecule has 1 aliphatic carbocycles. The summed E-state index contributed by atoms with van der Waals surface area (Å²) in [6.45, 7) is 10.6. The molecule has 2 unspecified atom stereocenters. The number of aromatic nitrogens is 2. The molecule has 0 radical (unpaired) electrons. The first-order chi connectivity index (χ1) is 9.61. The molecular weight excluding hydrogens is 248 g/mol. The molecule has 1 saturated carbocycles. The molecule has 1 heterocycles. The second-order valence-electron chi connectivity index (χ2n) is 6.38. The van der Waals surface area contributed by atoms with Crippen LogP contribution in [-0.4, -0.2) is 39.6 Å². The molecule has 2 N–H and O–H groups in total. The van der Waals surface area contributed by atoms with E-state index in [-0.39, 0.29) is 5.54 Å². The molecule has 4 nitrogen and oxygen atoms in total. The lowest BCUT2D eigenvalue weighted by molar-refractivity contribution is 0.0404. The van der Waals surface area contributed by atoms with Crippen LogP contribution >= 0.6 is 0 Å². The van der Waals surface area contributed by atoms with E-state index in [0.29, 0.717) is 0 Å². The molecule has 114 valence electrons. The molecule has 1 aromatic rings. The van der Waals surface area contributed by atoms with Gasteiger partial charge >= 0.3 is 0 Å². The number of nitrogens with two attached hydrogens (primary N) is 1. The minimum absolute atomic E-state index is 0.223. The quantitative estimate of drug-likeness (QED) is 0.869. The van der Waals surface area contributed by atoms with E-state index < -0.39 is 0 Å². The molecule has 1 fully saturated rings. The number of hydrogen-bond acceptors (Lipinski definition) is 3. The fourth-order valence-electron chi connectivity index (χ4n) is 3.83. The van der Waals surface area contributed by atoms with Crippen LogP contribution in [0.3, 0.4) is 0 Å². The van der Waals surface area contributed by atoms with Gasteiger partial charge in [-0.3, -0.25) is 4.90 Å². The minimum atomic E-state index is 0.223. The second-order valence-corrected chi connectivity index (χ2v) is 6.38. The summed E-state index contributed by atoms with van der Waals surface area (Å²) in [7, 11) is 0. The zero-order valence-corrected chi connectivity index (χ0v) is 13.3. The largest absolute Gasteiger partial charge is 0.334 e. The van der Waals surface area contributed by atoms with Crippen molar-refractivity contribution in [2.24, 2.45) is 11.7 Å². The third-order valence-electron chi connectivity index (χ3n) is 5.03. The van der Waals surface area contributed by atoms with Gasteiger partial charge < -0.3 is 10.3 Å². The van der Waals surface area contributed by atoms with E-state index in [9.17, 15) is 0 Å². The smallest absolute Gasteiger partial charge is 0.105 e. The Bertz CT molecular complexity index is 414. The summed E-state index contributed by atoms with van der Waals surface area (Å²) in [6, 6.07) is 0. The highest BCUT2D eigenvalue weighted by atomic mass is 15.2. The fraction of sp³-hybridized carbons (Fsp3) is 0.812. The highest BCUT2D eigenvalue weighted by molar-refractivity contribution is 4.96. The Labute approximate surface area is 123 Å². The molecule has 2 rings (SSSR count). The second kappa shape index (κ2) is 6.72. The summed E-state index contributed by atoms with van der Waals surface area (Å²) in [5, 5.41) is 0. The number of aryl methyl sites for hydroxylation is 1. The first-order valence-corrected chi connectivity index (χ1v) is 8.04. The summed E-state index contributed by atoms with van der Waals surface area (Å²) in [5.41, 5.74) is 6.42. The van der Waals surface area contributed by atoms with Crippen LogP contribution < -0.4 is 5.73 Å². The lowest BCUT2D eigenvalue weighted by atomic mass is 9.75. The van der Waals surface area contributed by atoms with E-state index in [1.54, 1.807) is 0 Å². The van der Waals surface area contributed by atoms with Crippen LogP contribution in [0.1, 0.15) is 45.4 Å². The first-order valence-electron chi connectivity index (χ1n) is 8.04. The van der Waals surface area contributed by atoms with Gasteiger partial charge in [0.15, 0.2) is 0 Å². The maximum absolute atomic E-state index is 6.19. The van der Waals surface area contributed by atoms with E-state index in [2.05, 4.69) is 41.4 Å². The van der Waals surface area contributed by atoms with Gasteiger partial charge in [-0.2, -0.15) is 0 Å². The molecule has 1 aliphatic rings. The molecule has 0 amide bonds. The molecule has 0 aromatic carbocycles. The molecular formula is C16H30N4. The maximum Gasteiger partial charge on any atom is 0.105 e.